The predicted molar refractivity (Wildman–Crippen MR) is 76.6 cm³/mol. The van der Waals surface area contributed by atoms with E-state index in [2.05, 4.69) is 26.8 Å². The minimum atomic E-state index is -0.228. The Morgan fingerprint density at radius 3 is 2.68 bits per heavy atom. The Bertz CT molecular complexity index is 519. The highest BCUT2D eigenvalue weighted by molar-refractivity contribution is 7.81. The van der Waals surface area contributed by atoms with E-state index < -0.39 is 0 Å². The standard InChI is InChI=1S/C13H20N4OS/c1-4-10-14-15-12(17(10)8-5-6-8)11(19)9-7-13(2,3)18-16-9/h8,11,19H,4-7H2,1-3H3. The second kappa shape index (κ2) is 4.51. The van der Waals surface area contributed by atoms with Crippen LogP contribution in [-0.4, -0.2) is 26.1 Å². The average Bonchev–Trinajstić information content (AvgIpc) is 3.01. The third-order valence-corrected chi connectivity index (χ3v) is 4.13. The SMILES string of the molecule is CCc1nnc(C(S)C2=NOC(C)(C)C2)n1C1CC1. The van der Waals surface area contributed by atoms with Crippen LogP contribution in [0, 0.1) is 0 Å². The van der Waals surface area contributed by atoms with Crippen LogP contribution in [0.5, 0.6) is 0 Å². The van der Waals surface area contributed by atoms with Gasteiger partial charge in [0.05, 0.1) is 5.71 Å². The molecule has 1 atom stereocenters. The van der Waals surface area contributed by atoms with Gasteiger partial charge in [-0.25, -0.2) is 0 Å². The molecule has 0 radical (unpaired) electrons. The second-order valence-corrected chi connectivity index (χ2v) is 6.46. The van der Waals surface area contributed by atoms with Crippen molar-refractivity contribution in [3.05, 3.63) is 11.6 Å². The van der Waals surface area contributed by atoms with Gasteiger partial charge >= 0.3 is 0 Å². The van der Waals surface area contributed by atoms with Gasteiger partial charge in [-0.05, 0) is 26.7 Å². The molecule has 3 rings (SSSR count). The summed E-state index contributed by atoms with van der Waals surface area (Å²) in [7, 11) is 0. The van der Waals surface area contributed by atoms with Crippen molar-refractivity contribution in [3.8, 4) is 0 Å². The van der Waals surface area contributed by atoms with Crippen LogP contribution >= 0.6 is 12.6 Å². The Hall–Kier alpha value is -1.04. The number of thiol groups is 1. The minimum Gasteiger partial charge on any atom is -0.389 e. The topological polar surface area (TPSA) is 52.3 Å². The van der Waals surface area contributed by atoms with E-state index in [0.717, 1.165) is 30.2 Å². The summed E-state index contributed by atoms with van der Waals surface area (Å²) < 4.78 is 2.26. The third kappa shape index (κ3) is 2.38. The van der Waals surface area contributed by atoms with E-state index >= 15 is 0 Å². The Kier molecular flexibility index (Phi) is 3.08. The molecule has 1 saturated carbocycles. The molecule has 0 amide bonds. The average molecular weight is 280 g/mol. The molecule has 1 aliphatic heterocycles. The summed E-state index contributed by atoms with van der Waals surface area (Å²) in [5, 5.41) is 12.7. The van der Waals surface area contributed by atoms with E-state index in [9.17, 15) is 0 Å². The third-order valence-electron chi connectivity index (χ3n) is 3.60. The maximum Gasteiger partial charge on any atom is 0.152 e. The lowest BCUT2D eigenvalue weighted by molar-refractivity contribution is 0.0123. The number of rotatable bonds is 4. The van der Waals surface area contributed by atoms with E-state index in [1.807, 2.05) is 13.8 Å². The predicted octanol–water partition coefficient (Wildman–Crippen LogP) is 2.70. The van der Waals surface area contributed by atoms with Crippen LogP contribution in [-0.2, 0) is 11.3 Å². The van der Waals surface area contributed by atoms with Crippen LogP contribution < -0.4 is 0 Å². The van der Waals surface area contributed by atoms with E-state index in [0.29, 0.717) is 6.04 Å². The maximum absolute atomic E-state index is 5.43. The van der Waals surface area contributed by atoms with E-state index in [-0.39, 0.29) is 10.9 Å². The molecular weight excluding hydrogens is 260 g/mol. The van der Waals surface area contributed by atoms with Crippen molar-refractivity contribution in [1.82, 2.24) is 14.8 Å². The molecule has 0 saturated heterocycles. The van der Waals surface area contributed by atoms with Crippen LogP contribution in [0.4, 0.5) is 0 Å². The number of oxime groups is 1. The highest BCUT2D eigenvalue weighted by Crippen LogP contribution is 2.40. The van der Waals surface area contributed by atoms with Gasteiger partial charge in [0.15, 0.2) is 5.82 Å². The van der Waals surface area contributed by atoms with Gasteiger partial charge in [-0.2, -0.15) is 12.6 Å². The summed E-state index contributed by atoms with van der Waals surface area (Å²) in [4.78, 5) is 5.43. The first-order valence-corrected chi connectivity index (χ1v) is 7.40. The summed E-state index contributed by atoms with van der Waals surface area (Å²) in [5.41, 5.74) is 0.721. The molecule has 2 aliphatic rings. The Morgan fingerprint density at radius 2 is 2.16 bits per heavy atom. The van der Waals surface area contributed by atoms with Gasteiger partial charge in [-0.3, -0.25) is 0 Å². The molecule has 1 unspecified atom stereocenters. The first kappa shape index (κ1) is 13.0. The second-order valence-electron chi connectivity index (χ2n) is 5.94. The minimum absolute atomic E-state index is 0.116. The van der Waals surface area contributed by atoms with Crippen LogP contribution in [0.2, 0.25) is 0 Å². The van der Waals surface area contributed by atoms with Crippen LogP contribution in [0.25, 0.3) is 0 Å². The molecule has 1 fully saturated rings. The molecule has 0 spiro atoms. The first-order chi connectivity index (χ1) is 9.02. The fourth-order valence-electron chi connectivity index (χ4n) is 2.47. The highest BCUT2D eigenvalue weighted by Gasteiger charge is 2.37. The molecule has 104 valence electrons. The fraction of sp³-hybridized carbons (Fsp3) is 0.769. The van der Waals surface area contributed by atoms with Crippen molar-refractivity contribution < 1.29 is 4.84 Å². The van der Waals surface area contributed by atoms with E-state index in [1.165, 1.54) is 12.8 Å². The number of hydrogen-bond acceptors (Lipinski definition) is 5. The summed E-state index contributed by atoms with van der Waals surface area (Å²) in [6.45, 7) is 6.18. The van der Waals surface area contributed by atoms with Gasteiger partial charge in [0.2, 0.25) is 0 Å². The van der Waals surface area contributed by atoms with Gasteiger partial charge in [0.1, 0.15) is 16.7 Å². The molecule has 2 heterocycles. The molecule has 1 aromatic rings. The van der Waals surface area contributed by atoms with E-state index in [1.54, 1.807) is 0 Å². The molecule has 19 heavy (non-hydrogen) atoms. The fourth-order valence-corrected chi connectivity index (χ4v) is 2.79. The summed E-state index contributed by atoms with van der Waals surface area (Å²) in [6, 6.07) is 0.561. The monoisotopic (exact) mass is 280 g/mol. The molecule has 5 nitrogen and oxygen atoms in total. The van der Waals surface area contributed by atoms with Gasteiger partial charge in [-0.1, -0.05) is 12.1 Å². The molecule has 0 aromatic carbocycles. The lowest BCUT2D eigenvalue weighted by Crippen LogP contribution is -2.21. The largest absolute Gasteiger partial charge is 0.389 e. The lowest BCUT2D eigenvalue weighted by atomic mass is 10.0. The quantitative estimate of drug-likeness (QED) is 0.863. The summed E-state index contributed by atoms with van der Waals surface area (Å²) in [5.74, 6) is 1.97. The first-order valence-electron chi connectivity index (χ1n) is 6.88. The highest BCUT2D eigenvalue weighted by atomic mass is 32.1. The molecule has 1 aliphatic carbocycles. The molecule has 1 aromatic heterocycles. The van der Waals surface area contributed by atoms with Crippen molar-refractivity contribution in [2.45, 2.75) is 63.3 Å². The smallest absolute Gasteiger partial charge is 0.152 e. The zero-order valence-electron chi connectivity index (χ0n) is 11.6. The van der Waals surface area contributed by atoms with E-state index in [4.69, 9.17) is 17.5 Å². The Morgan fingerprint density at radius 1 is 1.42 bits per heavy atom. The summed E-state index contributed by atoms with van der Waals surface area (Å²) >= 11 is 4.70. The Balaban J connectivity index is 1.88. The number of nitrogens with zero attached hydrogens (tertiary/aromatic N) is 4. The van der Waals surface area contributed by atoms with Crippen molar-refractivity contribution in [2.24, 2.45) is 5.16 Å². The number of hydrogen-bond donors (Lipinski definition) is 1. The number of aromatic nitrogens is 3. The van der Waals surface area contributed by atoms with Crippen LogP contribution in [0.15, 0.2) is 5.16 Å². The molecule has 0 N–H and O–H groups in total. The summed E-state index contributed by atoms with van der Waals surface area (Å²) in [6.07, 6.45) is 4.12. The van der Waals surface area contributed by atoms with Gasteiger partial charge in [0.25, 0.3) is 0 Å². The lowest BCUT2D eigenvalue weighted by Gasteiger charge is -2.15. The normalized spacial score (nSPS) is 23.1. The van der Waals surface area contributed by atoms with Crippen molar-refractivity contribution >= 4 is 18.3 Å². The van der Waals surface area contributed by atoms with Crippen LogP contribution in [0.1, 0.15) is 63.0 Å². The zero-order valence-corrected chi connectivity index (χ0v) is 12.5. The van der Waals surface area contributed by atoms with Crippen molar-refractivity contribution in [1.29, 1.82) is 0 Å². The molecule has 6 heteroatoms. The Labute approximate surface area is 118 Å². The zero-order chi connectivity index (χ0) is 13.6. The van der Waals surface area contributed by atoms with Gasteiger partial charge in [0, 0.05) is 18.9 Å². The molecular formula is C13H20N4OS. The van der Waals surface area contributed by atoms with Crippen molar-refractivity contribution in [2.75, 3.05) is 0 Å². The number of aryl methyl sites for hydroxylation is 1. The maximum atomic E-state index is 5.43. The van der Waals surface area contributed by atoms with Crippen LogP contribution in [0.3, 0.4) is 0 Å². The van der Waals surface area contributed by atoms with Crippen molar-refractivity contribution in [3.63, 3.8) is 0 Å². The van der Waals surface area contributed by atoms with Gasteiger partial charge in [-0.15, -0.1) is 10.2 Å². The molecule has 0 bridgehead atoms. The van der Waals surface area contributed by atoms with Gasteiger partial charge < -0.3 is 9.40 Å².